The average molecular weight is 273 g/mol. The zero-order chi connectivity index (χ0) is 13.5. The number of carbonyl (C=O) groups is 1. The highest BCUT2D eigenvalue weighted by atomic mass is 35.5. The van der Waals surface area contributed by atoms with Crippen molar-refractivity contribution in [3.63, 3.8) is 0 Å². The molecule has 5 heteroatoms. The number of aromatic carboxylic acids is 1. The molecular formula is C13H17ClO4. The first-order valence-corrected chi connectivity index (χ1v) is 6.30. The summed E-state index contributed by atoms with van der Waals surface area (Å²) in [6, 6.07) is 2.89. The largest absolute Gasteiger partial charge is 0.490 e. The summed E-state index contributed by atoms with van der Waals surface area (Å²) >= 11 is 5.89. The third kappa shape index (κ3) is 3.81. The van der Waals surface area contributed by atoms with Gasteiger partial charge >= 0.3 is 5.97 Å². The fourth-order valence-corrected chi connectivity index (χ4v) is 1.64. The quantitative estimate of drug-likeness (QED) is 0.770. The molecule has 0 aromatic heterocycles. The Kier molecular flexibility index (Phi) is 5.78. The van der Waals surface area contributed by atoms with Crippen molar-refractivity contribution >= 4 is 17.6 Å². The maximum Gasteiger partial charge on any atom is 0.337 e. The van der Waals surface area contributed by atoms with Crippen LogP contribution in [0.4, 0.5) is 0 Å². The van der Waals surface area contributed by atoms with E-state index in [4.69, 9.17) is 26.2 Å². The van der Waals surface area contributed by atoms with E-state index >= 15 is 0 Å². The molecule has 0 spiro atoms. The van der Waals surface area contributed by atoms with Gasteiger partial charge in [-0.25, -0.2) is 4.79 Å². The lowest BCUT2D eigenvalue weighted by Gasteiger charge is -2.13. The lowest BCUT2D eigenvalue weighted by Crippen LogP contribution is -2.04. The molecule has 0 saturated heterocycles. The van der Waals surface area contributed by atoms with Crippen LogP contribution in [-0.2, 0) is 0 Å². The van der Waals surface area contributed by atoms with Crippen molar-refractivity contribution in [2.75, 3.05) is 13.2 Å². The number of rotatable bonds is 7. The summed E-state index contributed by atoms with van der Waals surface area (Å²) in [6.07, 6.45) is 1.94. The zero-order valence-electron chi connectivity index (χ0n) is 10.5. The van der Waals surface area contributed by atoms with Gasteiger partial charge < -0.3 is 14.6 Å². The Hall–Kier alpha value is -1.42. The van der Waals surface area contributed by atoms with Gasteiger partial charge in [0.15, 0.2) is 11.5 Å². The van der Waals surface area contributed by atoms with Crippen LogP contribution in [-0.4, -0.2) is 24.3 Å². The summed E-state index contributed by atoms with van der Waals surface area (Å²) in [7, 11) is 0. The number of carboxylic acids is 1. The van der Waals surface area contributed by atoms with Gasteiger partial charge in [-0.3, -0.25) is 0 Å². The van der Waals surface area contributed by atoms with Crippen LogP contribution in [0.25, 0.3) is 0 Å². The van der Waals surface area contributed by atoms with Crippen LogP contribution in [0.3, 0.4) is 0 Å². The molecule has 0 aliphatic carbocycles. The van der Waals surface area contributed by atoms with Crippen molar-refractivity contribution in [1.29, 1.82) is 0 Å². The van der Waals surface area contributed by atoms with E-state index in [1.165, 1.54) is 12.1 Å². The van der Waals surface area contributed by atoms with E-state index in [1.54, 1.807) is 0 Å². The summed E-state index contributed by atoms with van der Waals surface area (Å²) in [5.74, 6) is -0.184. The summed E-state index contributed by atoms with van der Waals surface area (Å²) in [4.78, 5) is 11.0. The van der Waals surface area contributed by atoms with E-state index in [2.05, 4.69) is 6.92 Å². The second-order valence-corrected chi connectivity index (χ2v) is 4.13. The number of hydrogen-bond donors (Lipinski definition) is 1. The van der Waals surface area contributed by atoms with Crippen molar-refractivity contribution < 1.29 is 19.4 Å². The first kappa shape index (κ1) is 14.6. The molecule has 1 aromatic rings. The molecule has 0 unspecified atom stereocenters. The Morgan fingerprint density at radius 1 is 1.28 bits per heavy atom. The smallest absolute Gasteiger partial charge is 0.337 e. The average Bonchev–Trinajstić information content (AvgIpc) is 2.32. The lowest BCUT2D eigenvalue weighted by molar-refractivity contribution is 0.0696. The predicted molar refractivity (Wildman–Crippen MR) is 70.0 cm³/mol. The molecule has 0 aliphatic rings. The van der Waals surface area contributed by atoms with Crippen LogP contribution in [0.5, 0.6) is 11.5 Å². The Bertz CT molecular complexity index is 418. The van der Waals surface area contributed by atoms with Crippen LogP contribution in [0, 0.1) is 0 Å². The van der Waals surface area contributed by atoms with Crippen molar-refractivity contribution in [3.05, 3.63) is 22.7 Å². The molecule has 0 radical (unpaired) electrons. The standard InChI is InChI=1S/C13H17ClO4/c1-3-5-6-18-12-8-10(14)9(13(15)16)7-11(12)17-4-2/h7-8H,3-6H2,1-2H3,(H,15,16). The number of unbranched alkanes of at least 4 members (excludes halogenated alkanes) is 1. The van der Waals surface area contributed by atoms with Crippen molar-refractivity contribution in [2.45, 2.75) is 26.7 Å². The molecular weight excluding hydrogens is 256 g/mol. The maximum absolute atomic E-state index is 11.0. The zero-order valence-corrected chi connectivity index (χ0v) is 11.3. The minimum Gasteiger partial charge on any atom is -0.490 e. The Morgan fingerprint density at radius 3 is 2.50 bits per heavy atom. The monoisotopic (exact) mass is 272 g/mol. The van der Waals surface area contributed by atoms with E-state index in [1.807, 2.05) is 6.92 Å². The van der Waals surface area contributed by atoms with Gasteiger partial charge in [0.25, 0.3) is 0 Å². The number of ether oxygens (including phenoxy) is 2. The van der Waals surface area contributed by atoms with Gasteiger partial charge in [0.05, 0.1) is 23.8 Å². The number of halogens is 1. The molecule has 1 aromatic carbocycles. The van der Waals surface area contributed by atoms with Gasteiger partial charge in [0, 0.05) is 12.1 Å². The Labute approximate surface area is 111 Å². The molecule has 0 amide bonds. The highest BCUT2D eigenvalue weighted by Gasteiger charge is 2.15. The van der Waals surface area contributed by atoms with E-state index in [0.717, 1.165) is 12.8 Å². The SMILES string of the molecule is CCCCOc1cc(Cl)c(C(=O)O)cc1OCC. The molecule has 0 fully saturated rings. The third-order valence-corrected chi connectivity index (χ3v) is 2.63. The molecule has 100 valence electrons. The molecule has 1 rings (SSSR count). The third-order valence-electron chi connectivity index (χ3n) is 2.32. The van der Waals surface area contributed by atoms with Crippen LogP contribution in [0.15, 0.2) is 12.1 Å². The number of hydrogen-bond acceptors (Lipinski definition) is 3. The number of carboxylic acid groups (broad SMARTS) is 1. The number of benzene rings is 1. The summed E-state index contributed by atoms with van der Waals surface area (Å²) < 4.78 is 10.9. The molecule has 0 saturated carbocycles. The highest BCUT2D eigenvalue weighted by molar-refractivity contribution is 6.33. The summed E-state index contributed by atoms with van der Waals surface area (Å²) in [5.41, 5.74) is 0.0166. The molecule has 1 N–H and O–H groups in total. The second kappa shape index (κ2) is 7.11. The van der Waals surface area contributed by atoms with Crippen molar-refractivity contribution in [1.82, 2.24) is 0 Å². The van der Waals surface area contributed by atoms with E-state index in [-0.39, 0.29) is 10.6 Å². The Morgan fingerprint density at radius 2 is 1.94 bits per heavy atom. The molecule has 0 atom stereocenters. The van der Waals surface area contributed by atoms with E-state index in [9.17, 15) is 4.79 Å². The minimum atomic E-state index is -1.08. The van der Waals surface area contributed by atoms with E-state index < -0.39 is 5.97 Å². The minimum absolute atomic E-state index is 0.0166. The predicted octanol–water partition coefficient (Wildman–Crippen LogP) is 3.62. The van der Waals surface area contributed by atoms with Crippen LogP contribution in [0.2, 0.25) is 5.02 Å². The van der Waals surface area contributed by atoms with Gasteiger partial charge in [-0.2, -0.15) is 0 Å². The topological polar surface area (TPSA) is 55.8 Å². The van der Waals surface area contributed by atoms with Gasteiger partial charge in [0.2, 0.25) is 0 Å². The maximum atomic E-state index is 11.0. The van der Waals surface area contributed by atoms with Crippen LogP contribution in [0.1, 0.15) is 37.0 Å². The molecule has 4 nitrogen and oxygen atoms in total. The molecule has 0 aliphatic heterocycles. The van der Waals surface area contributed by atoms with E-state index in [0.29, 0.717) is 24.7 Å². The molecule has 0 bridgehead atoms. The molecule has 0 heterocycles. The van der Waals surface area contributed by atoms with Crippen molar-refractivity contribution in [3.8, 4) is 11.5 Å². The molecule has 18 heavy (non-hydrogen) atoms. The first-order chi connectivity index (χ1) is 8.60. The van der Waals surface area contributed by atoms with Gasteiger partial charge in [0.1, 0.15) is 0 Å². The lowest BCUT2D eigenvalue weighted by atomic mass is 10.2. The fraction of sp³-hybridized carbons (Fsp3) is 0.462. The fourth-order valence-electron chi connectivity index (χ4n) is 1.41. The summed E-state index contributed by atoms with van der Waals surface area (Å²) in [6.45, 7) is 4.88. The highest BCUT2D eigenvalue weighted by Crippen LogP contribution is 2.33. The second-order valence-electron chi connectivity index (χ2n) is 3.72. The van der Waals surface area contributed by atoms with Gasteiger partial charge in [-0.15, -0.1) is 0 Å². The van der Waals surface area contributed by atoms with Gasteiger partial charge in [-0.1, -0.05) is 24.9 Å². The van der Waals surface area contributed by atoms with Crippen molar-refractivity contribution in [2.24, 2.45) is 0 Å². The Balaban J connectivity index is 3.00. The first-order valence-electron chi connectivity index (χ1n) is 5.92. The van der Waals surface area contributed by atoms with Crippen LogP contribution >= 0.6 is 11.6 Å². The van der Waals surface area contributed by atoms with Gasteiger partial charge in [-0.05, 0) is 13.3 Å². The van der Waals surface area contributed by atoms with Crippen LogP contribution < -0.4 is 9.47 Å². The normalized spacial score (nSPS) is 10.2. The summed E-state index contributed by atoms with van der Waals surface area (Å²) in [5, 5.41) is 9.13.